The molecule has 0 aliphatic rings. The molecule has 2 nitrogen and oxygen atoms in total. The first-order valence-corrected chi connectivity index (χ1v) is 6.61. The molecule has 3 heteroatoms. The zero-order valence-electron chi connectivity index (χ0n) is 10.7. The monoisotopic (exact) mass is 274 g/mol. The van der Waals surface area contributed by atoms with E-state index >= 15 is 0 Å². The van der Waals surface area contributed by atoms with Crippen LogP contribution in [0, 0.1) is 0 Å². The van der Waals surface area contributed by atoms with E-state index in [9.17, 15) is 4.79 Å². The van der Waals surface area contributed by atoms with Gasteiger partial charge in [0.2, 0.25) is 0 Å². The van der Waals surface area contributed by atoms with Crippen LogP contribution in [0.1, 0.15) is 29.3 Å². The molecule has 0 aliphatic heterocycles. The van der Waals surface area contributed by atoms with Gasteiger partial charge < -0.3 is 4.74 Å². The standard InChI is InChI=1S/C16H15ClO2/c1-2-11-19-15-9-5-13(6-10-15)16(18)12-3-7-14(17)8-4-12/h3-10H,2,11H2,1H3. The number of ether oxygens (including phenoxy) is 1. The Hall–Kier alpha value is -1.80. The maximum absolute atomic E-state index is 12.2. The summed E-state index contributed by atoms with van der Waals surface area (Å²) in [6.07, 6.45) is 0.964. The van der Waals surface area contributed by atoms with Crippen molar-refractivity contribution in [2.45, 2.75) is 13.3 Å². The van der Waals surface area contributed by atoms with Crippen LogP contribution in [0.2, 0.25) is 5.02 Å². The molecule has 2 aromatic carbocycles. The van der Waals surface area contributed by atoms with E-state index in [-0.39, 0.29) is 5.78 Å². The first-order valence-electron chi connectivity index (χ1n) is 6.24. The summed E-state index contributed by atoms with van der Waals surface area (Å²) in [5.74, 6) is 0.771. The quantitative estimate of drug-likeness (QED) is 0.757. The Morgan fingerprint density at radius 3 is 2.05 bits per heavy atom. The van der Waals surface area contributed by atoms with Crippen molar-refractivity contribution in [3.05, 3.63) is 64.7 Å². The van der Waals surface area contributed by atoms with Gasteiger partial charge in [0.1, 0.15) is 5.75 Å². The Bertz CT molecular complexity index is 544. The third-order valence-electron chi connectivity index (χ3n) is 2.70. The summed E-state index contributed by atoms with van der Waals surface area (Å²) in [6.45, 7) is 2.74. The number of hydrogen-bond acceptors (Lipinski definition) is 2. The largest absolute Gasteiger partial charge is 0.494 e. The summed E-state index contributed by atoms with van der Waals surface area (Å²) < 4.78 is 5.48. The van der Waals surface area contributed by atoms with E-state index in [0.717, 1.165) is 12.2 Å². The second-order valence-corrected chi connectivity index (χ2v) is 4.65. The molecule has 98 valence electrons. The Morgan fingerprint density at radius 2 is 1.53 bits per heavy atom. The van der Waals surface area contributed by atoms with Crippen molar-refractivity contribution < 1.29 is 9.53 Å². The highest BCUT2D eigenvalue weighted by atomic mass is 35.5. The number of ketones is 1. The van der Waals surface area contributed by atoms with Crippen LogP contribution in [0.5, 0.6) is 5.75 Å². The Balaban J connectivity index is 2.13. The number of hydrogen-bond donors (Lipinski definition) is 0. The highest BCUT2D eigenvalue weighted by molar-refractivity contribution is 6.30. The lowest BCUT2D eigenvalue weighted by molar-refractivity contribution is 0.103. The van der Waals surface area contributed by atoms with Crippen LogP contribution in [-0.2, 0) is 0 Å². The fraction of sp³-hybridized carbons (Fsp3) is 0.188. The highest BCUT2D eigenvalue weighted by Gasteiger charge is 2.08. The van der Waals surface area contributed by atoms with E-state index < -0.39 is 0 Å². The second-order valence-electron chi connectivity index (χ2n) is 4.21. The molecule has 0 amide bonds. The molecule has 0 aliphatic carbocycles. The molecule has 0 N–H and O–H groups in total. The van der Waals surface area contributed by atoms with Crippen molar-refractivity contribution in [2.75, 3.05) is 6.61 Å². The number of carbonyl (C=O) groups is 1. The molecule has 0 bridgehead atoms. The third-order valence-corrected chi connectivity index (χ3v) is 2.95. The van der Waals surface area contributed by atoms with Gasteiger partial charge >= 0.3 is 0 Å². The summed E-state index contributed by atoms with van der Waals surface area (Å²) in [5.41, 5.74) is 1.28. The van der Waals surface area contributed by atoms with Gasteiger partial charge in [0.25, 0.3) is 0 Å². The SMILES string of the molecule is CCCOc1ccc(C(=O)c2ccc(Cl)cc2)cc1. The van der Waals surface area contributed by atoms with Crippen molar-refractivity contribution in [3.8, 4) is 5.75 Å². The summed E-state index contributed by atoms with van der Waals surface area (Å²) in [4.78, 5) is 12.2. The molecule has 0 fully saturated rings. The Labute approximate surface area is 118 Å². The van der Waals surface area contributed by atoms with Crippen molar-refractivity contribution in [1.29, 1.82) is 0 Å². The topological polar surface area (TPSA) is 26.3 Å². The Morgan fingerprint density at radius 1 is 1.00 bits per heavy atom. The van der Waals surface area contributed by atoms with Gasteiger partial charge in [-0.3, -0.25) is 4.79 Å². The van der Waals surface area contributed by atoms with Gasteiger partial charge in [0.15, 0.2) is 5.78 Å². The third kappa shape index (κ3) is 3.58. The van der Waals surface area contributed by atoms with Crippen LogP contribution >= 0.6 is 11.6 Å². The van der Waals surface area contributed by atoms with E-state index in [1.54, 1.807) is 36.4 Å². The van der Waals surface area contributed by atoms with E-state index in [2.05, 4.69) is 6.92 Å². The molecule has 0 spiro atoms. The lowest BCUT2D eigenvalue weighted by Gasteiger charge is -2.05. The molecule has 0 saturated heterocycles. The first-order chi connectivity index (χ1) is 9.20. The first kappa shape index (κ1) is 13.6. The predicted octanol–water partition coefficient (Wildman–Crippen LogP) is 4.36. The normalized spacial score (nSPS) is 10.2. The summed E-state index contributed by atoms with van der Waals surface area (Å²) in [6, 6.07) is 14.1. The van der Waals surface area contributed by atoms with Crippen molar-refractivity contribution in [2.24, 2.45) is 0 Å². The maximum Gasteiger partial charge on any atom is 0.193 e. The molecular weight excluding hydrogens is 260 g/mol. The maximum atomic E-state index is 12.2. The van der Waals surface area contributed by atoms with Crippen LogP contribution in [0.25, 0.3) is 0 Å². The fourth-order valence-corrected chi connectivity index (χ4v) is 1.82. The zero-order chi connectivity index (χ0) is 13.7. The number of halogens is 1. The van der Waals surface area contributed by atoms with Gasteiger partial charge in [-0.05, 0) is 55.0 Å². The smallest absolute Gasteiger partial charge is 0.193 e. The van der Waals surface area contributed by atoms with Gasteiger partial charge in [-0.1, -0.05) is 18.5 Å². The van der Waals surface area contributed by atoms with Gasteiger partial charge in [0, 0.05) is 16.1 Å². The Kier molecular flexibility index (Phi) is 4.58. The molecule has 0 aromatic heterocycles. The van der Waals surface area contributed by atoms with Crippen LogP contribution in [0.4, 0.5) is 0 Å². The molecule has 19 heavy (non-hydrogen) atoms. The molecule has 0 radical (unpaired) electrons. The van der Waals surface area contributed by atoms with Crippen LogP contribution in [-0.4, -0.2) is 12.4 Å². The van der Waals surface area contributed by atoms with Crippen LogP contribution in [0.3, 0.4) is 0 Å². The summed E-state index contributed by atoms with van der Waals surface area (Å²) in [5, 5.41) is 0.625. The zero-order valence-corrected chi connectivity index (χ0v) is 11.5. The molecule has 0 unspecified atom stereocenters. The van der Waals surface area contributed by atoms with Crippen LogP contribution in [0.15, 0.2) is 48.5 Å². The average molecular weight is 275 g/mol. The molecule has 2 aromatic rings. The van der Waals surface area contributed by atoms with Crippen LogP contribution < -0.4 is 4.74 Å². The minimum Gasteiger partial charge on any atom is -0.494 e. The van der Waals surface area contributed by atoms with Gasteiger partial charge in [-0.15, -0.1) is 0 Å². The second kappa shape index (κ2) is 6.39. The molecule has 0 saturated carbocycles. The fourth-order valence-electron chi connectivity index (χ4n) is 1.69. The number of rotatable bonds is 5. The predicted molar refractivity (Wildman–Crippen MR) is 77.1 cm³/mol. The van der Waals surface area contributed by atoms with Crippen molar-refractivity contribution >= 4 is 17.4 Å². The van der Waals surface area contributed by atoms with Crippen molar-refractivity contribution in [3.63, 3.8) is 0 Å². The minimum absolute atomic E-state index is 0.0151. The van der Waals surface area contributed by atoms with Gasteiger partial charge in [-0.25, -0.2) is 0 Å². The van der Waals surface area contributed by atoms with E-state index in [4.69, 9.17) is 16.3 Å². The molecular formula is C16H15ClO2. The summed E-state index contributed by atoms with van der Waals surface area (Å²) in [7, 11) is 0. The molecule has 0 heterocycles. The van der Waals surface area contributed by atoms with Crippen molar-refractivity contribution in [1.82, 2.24) is 0 Å². The van der Waals surface area contributed by atoms with E-state index in [1.165, 1.54) is 0 Å². The van der Waals surface area contributed by atoms with Gasteiger partial charge in [-0.2, -0.15) is 0 Å². The summed E-state index contributed by atoms with van der Waals surface area (Å²) >= 11 is 5.80. The average Bonchev–Trinajstić information content (AvgIpc) is 2.46. The highest BCUT2D eigenvalue weighted by Crippen LogP contribution is 2.17. The molecule has 0 atom stereocenters. The molecule has 2 rings (SSSR count). The lowest BCUT2D eigenvalue weighted by Crippen LogP contribution is -2.01. The number of benzene rings is 2. The van der Waals surface area contributed by atoms with E-state index in [1.807, 2.05) is 12.1 Å². The van der Waals surface area contributed by atoms with E-state index in [0.29, 0.717) is 22.8 Å². The lowest BCUT2D eigenvalue weighted by atomic mass is 10.0. The van der Waals surface area contributed by atoms with Gasteiger partial charge in [0.05, 0.1) is 6.61 Å². The number of carbonyl (C=O) groups excluding carboxylic acids is 1. The minimum atomic E-state index is -0.0151.